The molecular formula is C23H22N2O5. The van der Waals surface area contributed by atoms with Crippen LogP contribution in [0.5, 0.6) is 11.5 Å². The van der Waals surface area contributed by atoms with Gasteiger partial charge in [-0.15, -0.1) is 0 Å². The highest BCUT2D eigenvalue weighted by atomic mass is 16.6. The smallest absolute Gasteiger partial charge is 0.273 e. The normalized spacial score (nSPS) is 11.4. The Morgan fingerprint density at radius 1 is 1.00 bits per heavy atom. The molecule has 0 saturated heterocycles. The third kappa shape index (κ3) is 5.57. The lowest BCUT2D eigenvalue weighted by molar-refractivity contribution is -0.385. The number of nitro groups is 1. The van der Waals surface area contributed by atoms with Gasteiger partial charge in [0.15, 0.2) is 18.1 Å². The van der Waals surface area contributed by atoms with Gasteiger partial charge in [-0.1, -0.05) is 60.7 Å². The molecule has 0 radical (unpaired) electrons. The molecule has 1 N–H and O–H groups in total. The van der Waals surface area contributed by atoms with Gasteiger partial charge >= 0.3 is 0 Å². The van der Waals surface area contributed by atoms with E-state index in [1.807, 2.05) is 60.7 Å². The summed E-state index contributed by atoms with van der Waals surface area (Å²) in [5, 5.41) is 14.0. The molecule has 0 aromatic heterocycles. The summed E-state index contributed by atoms with van der Waals surface area (Å²) in [6, 6.07) is 23.3. The number of non-ortho nitro benzene ring substituents is 1. The third-order valence-corrected chi connectivity index (χ3v) is 4.54. The Labute approximate surface area is 174 Å². The van der Waals surface area contributed by atoms with E-state index in [0.717, 1.165) is 11.1 Å². The van der Waals surface area contributed by atoms with E-state index in [4.69, 9.17) is 9.47 Å². The number of hydrogen-bond acceptors (Lipinski definition) is 5. The van der Waals surface area contributed by atoms with E-state index in [1.165, 1.54) is 25.3 Å². The van der Waals surface area contributed by atoms with Crippen LogP contribution in [0.25, 0.3) is 0 Å². The first-order valence-corrected chi connectivity index (χ1v) is 9.40. The second-order valence-electron chi connectivity index (χ2n) is 6.60. The minimum atomic E-state index is -0.530. The van der Waals surface area contributed by atoms with Crippen molar-refractivity contribution in [3.05, 3.63) is 100 Å². The quantitative estimate of drug-likeness (QED) is 0.427. The Kier molecular flexibility index (Phi) is 7.00. The van der Waals surface area contributed by atoms with Gasteiger partial charge in [0.25, 0.3) is 11.6 Å². The number of ether oxygens (including phenoxy) is 2. The van der Waals surface area contributed by atoms with Crippen LogP contribution in [0.1, 0.15) is 17.2 Å². The van der Waals surface area contributed by atoms with E-state index in [1.54, 1.807) is 0 Å². The number of nitrogens with zero attached hydrogens (tertiary/aromatic N) is 1. The first kappa shape index (κ1) is 20.9. The monoisotopic (exact) mass is 406 g/mol. The number of benzene rings is 3. The van der Waals surface area contributed by atoms with E-state index in [-0.39, 0.29) is 30.0 Å². The van der Waals surface area contributed by atoms with Crippen LogP contribution in [-0.4, -0.2) is 24.5 Å². The average molecular weight is 406 g/mol. The van der Waals surface area contributed by atoms with E-state index in [0.29, 0.717) is 12.2 Å². The molecule has 0 fully saturated rings. The van der Waals surface area contributed by atoms with Crippen molar-refractivity contribution in [2.45, 2.75) is 12.5 Å². The first-order valence-electron chi connectivity index (χ1n) is 9.40. The van der Waals surface area contributed by atoms with E-state index >= 15 is 0 Å². The van der Waals surface area contributed by atoms with Crippen molar-refractivity contribution >= 4 is 11.6 Å². The summed E-state index contributed by atoms with van der Waals surface area (Å²) in [4.78, 5) is 23.1. The molecule has 30 heavy (non-hydrogen) atoms. The highest BCUT2D eigenvalue weighted by Crippen LogP contribution is 2.31. The van der Waals surface area contributed by atoms with Crippen molar-refractivity contribution < 1.29 is 19.2 Å². The Morgan fingerprint density at radius 3 is 2.30 bits per heavy atom. The maximum atomic E-state index is 12.6. The van der Waals surface area contributed by atoms with Gasteiger partial charge in [-0.05, 0) is 23.6 Å². The van der Waals surface area contributed by atoms with E-state index in [9.17, 15) is 14.9 Å². The van der Waals surface area contributed by atoms with E-state index < -0.39 is 4.92 Å². The molecule has 0 heterocycles. The largest absolute Gasteiger partial charge is 0.493 e. The maximum Gasteiger partial charge on any atom is 0.273 e. The summed E-state index contributed by atoms with van der Waals surface area (Å²) in [6.45, 7) is -0.296. The first-order chi connectivity index (χ1) is 14.6. The van der Waals surface area contributed by atoms with Crippen LogP contribution in [0.2, 0.25) is 0 Å². The molecule has 3 rings (SSSR count). The maximum absolute atomic E-state index is 12.6. The number of carbonyl (C=O) groups is 1. The van der Waals surface area contributed by atoms with Gasteiger partial charge in [0, 0.05) is 6.07 Å². The second kappa shape index (κ2) is 10.1. The number of amides is 1. The predicted molar refractivity (Wildman–Crippen MR) is 113 cm³/mol. The lowest BCUT2D eigenvalue weighted by Crippen LogP contribution is -2.33. The molecule has 7 nitrogen and oxygen atoms in total. The number of carbonyl (C=O) groups excluding carboxylic acids is 1. The number of nitro benzene ring substituents is 1. The van der Waals surface area contributed by atoms with E-state index in [2.05, 4.69) is 5.32 Å². The SMILES string of the molecule is COc1ccc([N+](=O)[O-])cc1OCC(=O)N[C@H](Cc1ccccc1)c1ccccc1. The molecule has 0 aliphatic carbocycles. The van der Waals surface area contributed by atoms with Gasteiger partial charge < -0.3 is 14.8 Å². The molecule has 0 spiro atoms. The van der Waals surface area contributed by atoms with Crippen molar-refractivity contribution in [2.75, 3.05) is 13.7 Å². The van der Waals surface area contributed by atoms with Crippen LogP contribution in [0.3, 0.4) is 0 Å². The summed E-state index contributed by atoms with van der Waals surface area (Å²) < 4.78 is 10.7. The molecule has 1 atom stereocenters. The van der Waals surface area contributed by atoms with Gasteiger partial charge in [-0.25, -0.2) is 0 Å². The fourth-order valence-electron chi connectivity index (χ4n) is 3.06. The molecule has 3 aromatic rings. The molecule has 7 heteroatoms. The molecule has 0 aliphatic heterocycles. The van der Waals surface area contributed by atoms with Crippen molar-refractivity contribution in [1.29, 1.82) is 0 Å². The van der Waals surface area contributed by atoms with Gasteiger partial charge in [0.1, 0.15) is 0 Å². The van der Waals surface area contributed by atoms with Gasteiger partial charge in [0.05, 0.1) is 24.1 Å². The topological polar surface area (TPSA) is 90.7 Å². The molecule has 3 aromatic carbocycles. The zero-order valence-electron chi connectivity index (χ0n) is 16.5. The Bertz CT molecular complexity index is 993. The molecule has 0 unspecified atom stereocenters. The standard InChI is InChI=1S/C23H22N2O5/c1-29-21-13-12-19(25(27)28)15-22(21)30-16-23(26)24-20(18-10-6-3-7-11-18)14-17-8-4-2-5-9-17/h2-13,15,20H,14,16H2,1H3,(H,24,26)/t20-/m1/s1. The number of rotatable bonds is 9. The predicted octanol–water partition coefficient (Wildman–Crippen LogP) is 4.08. The highest BCUT2D eigenvalue weighted by Gasteiger charge is 2.17. The summed E-state index contributed by atoms with van der Waals surface area (Å²) in [7, 11) is 1.43. The van der Waals surface area contributed by atoms with Gasteiger partial charge in [-0.2, -0.15) is 0 Å². The molecule has 0 aliphatic rings. The molecule has 0 bridgehead atoms. The average Bonchev–Trinajstić information content (AvgIpc) is 2.78. The lowest BCUT2D eigenvalue weighted by Gasteiger charge is -2.20. The van der Waals surface area contributed by atoms with Crippen LogP contribution < -0.4 is 14.8 Å². The van der Waals surface area contributed by atoms with Crippen LogP contribution in [0.4, 0.5) is 5.69 Å². The Morgan fingerprint density at radius 2 is 1.67 bits per heavy atom. The Hall–Kier alpha value is -3.87. The minimum Gasteiger partial charge on any atom is -0.493 e. The number of methoxy groups -OCH3 is 1. The van der Waals surface area contributed by atoms with Crippen molar-refractivity contribution in [1.82, 2.24) is 5.32 Å². The molecular weight excluding hydrogens is 384 g/mol. The summed E-state index contributed by atoms with van der Waals surface area (Å²) in [5.41, 5.74) is 1.92. The summed E-state index contributed by atoms with van der Waals surface area (Å²) in [5.74, 6) is 0.117. The fourth-order valence-corrected chi connectivity index (χ4v) is 3.06. The Balaban J connectivity index is 1.70. The minimum absolute atomic E-state index is 0.140. The van der Waals surface area contributed by atoms with Gasteiger partial charge in [0.2, 0.25) is 0 Å². The van der Waals surface area contributed by atoms with Crippen LogP contribution in [0.15, 0.2) is 78.9 Å². The zero-order chi connectivity index (χ0) is 21.3. The summed E-state index contributed by atoms with van der Waals surface area (Å²) in [6.07, 6.45) is 0.622. The van der Waals surface area contributed by atoms with Crippen molar-refractivity contribution in [3.8, 4) is 11.5 Å². The fraction of sp³-hybridized carbons (Fsp3) is 0.174. The zero-order valence-corrected chi connectivity index (χ0v) is 16.5. The summed E-state index contributed by atoms with van der Waals surface area (Å²) >= 11 is 0. The van der Waals surface area contributed by atoms with Crippen LogP contribution in [0, 0.1) is 10.1 Å². The highest BCUT2D eigenvalue weighted by molar-refractivity contribution is 5.78. The third-order valence-electron chi connectivity index (χ3n) is 4.54. The second-order valence-corrected chi connectivity index (χ2v) is 6.60. The van der Waals surface area contributed by atoms with Crippen molar-refractivity contribution in [3.63, 3.8) is 0 Å². The lowest BCUT2D eigenvalue weighted by atomic mass is 9.99. The van der Waals surface area contributed by atoms with Gasteiger partial charge in [-0.3, -0.25) is 14.9 Å². The number of nitrogens with one attached hydrogen (secondary N) is 1. The van der Waals surface area contributed by atoms with Crippen LogP contribution >= 0.6 is 0 Å². The molecule has 154 valence electrons. The molecule has 0 saturated carbocycles. The van der Waals surface area contributed by atoms with Crippen LogP contribution in [-0.2, 0) is 11.2 Å². The van der Waals surface area contributed by atoms with Crippen molar-refractivity contribution in [2.24, 2.45) is 0 Å². The molecule has 1 amide bonds. The number of hydrogen-bond donors (Lipinski definition) is 1.